The van der Waals surface area contributed by atoms with Crippen molar-refractivity contribution < 1.29 is 28.5 Å². The van der Waals surface area contributed by atoms with Crippen LogP contribution in [0.4, 0.5) is 0 Å². The molecule has 0 unspecified atom stereocenters. The standard InChI is InChI=1S/C32H22O6/c1-35-31(33)13-7-21-37-29-19-15-23-9-3-5-11-25(23)27(29)17-18-28-26-12-6-4-10-24(26)16-20-30(28)38-22-8-14-32(34)36-2/h3-6,9-12,15-16,19-20H,21-22H2,1-2H3. The van der Waals surface area contributed by atoms with Crippen molar-refractivity contribution in [1.29, 1.82) is 0 Å². The molecule has 0 heterocycles. The normalized spacial score (nSPS) is 9.63. The van der Waals surface area contributed by atoms with Crippen LogP contribution in [0, 0.1) is 35.5 Å². The van der Waals surface area contributed by atoms with Crippen LogP contribution in [-0.4, -0.2) is 39.4 Å². The third kappa shape index (κ3) is 6.24. The second-order valence-electron chi connectivity index (χ2n) is 7.73. The maximum absolute atomic E-state index is 11.3. The molecule has 0 aliphatic carbocycles. The first-order valence-electron chi connectivity index (χ1n) is 11.6. The molecule has 38 heavy (non-hydrogen) atoms. The summed E-state index contributed by atoms with van der Waals surface area (Å²) < 4.78 is 20.8. The Bertz CT molecular complexity index is 1580. The van der Waals surface area contributed by atoms with Crippen LogP contribution in [0.3, 0.4) is 0 Å². The molecule has 186 valence electrons. The van der Waals surface area contributed by atoms with Gasteiger partial charge in [0.1, 0.15) is 24.7 Å². The Balaban J connectivity index is 1.77. The van der Waals surface area contributed by atoms with Crippen molar-refractivity contribution >= 4 is 33.5 Å². The van der Waals surface area contributed by atoms with Crippen LogP contribution in [0.1, 0.15) is 11.1 Å². The molecule has 0 spiro atoms. The number of methoxy groups -OCH3 is 2. The third-order valence-electron chi connectivity index (χ3n) is 5.45. The van der Waals surface area contributed by atoms with Gasteiger partial charge in [-0.1, -0.05) is 72.5 Å². The van der Waals surface area contributed by atoms with Crippen LogP contribution in [-0.2, 0) is 19.1 Å². The Labute approximate surface area is 220 Å². The molecule has 4 aromatic carbocycles. The zero-order valence-electron chi connectivity index (χ0n) is 20.8. The number of esters is 2. The summed E-state index contributed by atoms with van der Waals surface area (Å²) in [5.74, 6) is 16.3. The second-order valence-corrected chi connectivity index (χ2v) is 7.73. The van der Waals surface area contributed by atoms with E-state index in [1.165, 1.54) is 14.2 Å². The summed E-state index contributed by atoms with van der Waals surface area (Å²) >= 11 is 0. The summed E-state index contributed by atoms with van der Waals surface area (Å²) in [6, 6.07) is 23.2. The molecule has 6 heteroatoms. The Morgan fingerprint density at radius 1 is 0.605 bits per heavy atom. The van der Waals surface area contributed by atoms with Crippen LogP contribution in [0.5, 0.6) is 11.5 Å². The Kier molecular flexibility index (Phi) is 8.48. The Hall–Kier alpha value is -5.38. The molecule has 0 aliphatic rings. The van der Waals surface area contributed by atoms with Crippen LogP contribution < -0.4 is 9.47 Å². The van der Waals surface area contributed by atoms with Gasteiger partial charge in [-0.2, -0.15) is 0 Å². The zero-order valence-corrected chi connectivity index (χ0v) is 20.8. The van der Waals surface area contributed by atoms with Gasteiger partial charge in [0.15, 0.2) is 0 Å². The fraction of sp³-hybridized carbons (Fsp3) is 0.125. The molecular formula is C32H22O6. The predicted molar refractivity (Wildman–Crippen MR) is 144 cm³/mol. The third-order valence-corrected chi connectivity index (χ3v) is 5.45. The van der Waals surface area contributed by atoms with E-state index in [2.05, 4.69) is 45.0 Å². The summed E-state index contributed by atoms with van der Waals surface area (Å²) in [4.78, 5) is 22.6. The highest BCUT2D eigenvalue weighted by Gasteiger charge is 2.10. The summed E-state index contributed by atoms with van der Waals surface area (Å²) in [5, 5.41) is 3.81. The largest absolute Gasteiger partial charge is 0.480 e. The van der Waals surface area contributed by atoms with E-state index in [9.17, 15) is 9.59 Å². The molecule has 6 nitrogen and oxygen atoms in total. The van der Waals surface area contributed by atoms with Crippen molar-refractivity contribution in [1.82, 2.24) is 0 Å². The molecule has 0 atom stereocenters. The average molecular weight is 503 g/mol. The monoisotopic (exact) mass is 502 g/mol. The lowest BCUT2D eigenvalue weighted by Crippen LogP contribution is -2.00. The fourth-order valence-electron chi connectivity index (χ4n) is 3.67. The first-order valence-corrected chi connectivity index (χ1v) is 11.6. The minimum atomic E-state index is -0.633. The summed E-state index contributed by atoms with van der Waals surface area (Å²) in [7, 11) is 2.54. The maximum atomic E-state index is 11.3. The smallest absolute Gasteiger partial charge is 0.384 e. The van der Waals surface area contributed by atoms with E-state index in [0.717, 1.165) is 21.5 Å². The van der Waals surface area contributed by atoms with E-state index >= 15 is 0 Å². The van der Waals surface area contributed by atoms with Crippen molar-refractivity contribution in [2.24, 2.45) is 0 Å². The summed E-state index contributed by atoms with van der Waals surface area (Å²) in [6.07, 6.45) is 0. The molecule has 0 amide bonds. The van der Waals surface area contributed by atoms with E-state index in [4.69, 9.17) is 9.47 Å². The predicted octanol–water partition coefficient (Wildman–Crippen LogP) is 4.50. The van der Waals surface area contributed by atoms with Gasteiger partial charge in [-0.25, -0.2) is 9.59 Å². The lowest BCUT2D eigenvalue weighted by Gasteiger charge is -2.10. The van der Waals surface area contributed by atoms with Gasteiger partial charge in [-0.15, -0.1) is 0 Å². The van der Waals surface area contributed by atoms with Crippen molar-refractivity contribution in [3.63, 3.8) is 0 Å². The lowest BCUT2D eigenvalue weighted by atomic mass is 10.0. The van der Waals surface area contributed by atoms with Gasteiger partial charge in [0, 0.05) is 22.6 Å². The number of fused-ring (bicyclic) bond motifs is 2. The second kappa shape index (κ2) is 12.5. The molecule has 0 aromatic heterocycles. The topological polar surface area (TPSA) is 71.1 Å². The fourth-order valence-corrected chi connectivity index (χ4v) is 3.67. The molecule has 0 saturated heterocycles. The minimum Gasteiger partial charge on any atom is -0.480 e. The van der Waals surface area contributed by atoms with E-state index in [1.807, 2.05) is 72.8 Å². The van der Waals surface area contributed by atoms with Gasteiger partial charge in [0.05, 0.1) is 25.3 Å². The van der Waals surface area contributed by atoms with Crippen LogP contribution in [0.2, 0.25) is 0 Å². The van der Waals surface area contributed by atoms with Gasteiger partial charge in [0.25, 0.3) is 0 Å². The van der Waals surface area contributed by atoms with Crippen LogP contribution in [0.15, 0.2) is 72.8 Å². The van der Waals surface area contributed by atoms with Crippen molar-refractivity contribution in [3.05, 3.63) is 83.9 Å². The van der Waals surface area contributed by atoms with E-state index in [-0.39, 0.29) is 13.2 Å². The average Bonchev–Trinajstić information content (AvgIpc) is 2.96. The van der Waals surface area contributed by atoms with Gasteiger partial charge < -0.3 is 18.9 Å². The van der Waals surface area contributed by atoms with Crippen molar-refractivity contribution in [3.8, 4) is 47.0 Å². The molecule has 0 radical (unpaired) electrons. The molecule has 0 aliphatic heterocycles. The first kappa shape index (κ1) is 25.7. The minimum absolute atomic E-state index is 0.0103. The highest BCUT2D eigenvalue weighted by atomic mass is 16.5. The van der Waals surface area contributed by atoms with E-state index in [0.29, 0.717) is 22.6 Å². The Morgan fingerprint density at radius 2 is 1.03 bits per heavy atom. The highest BCUT2D eigenvalue weighted by molar-refractivity contribution is 5.93. The van der Waals surface area contributed by atoms with Crippen molar-refractivity contribution in [2.75, 3.05) is 27.4 Å². The van der Waals surface area contributed by atoms with Gasteiger partial charge in [0.2, 0.25) is 0 Å². The number of carbonyl (C=O) groups excluding carboxylic acids is 2. The molecule has 4 rings (SSSR count). The van der Waals surface area contributed by atoms with Gasteiger partial charge in [-0.3, -0.25) is 0 Å². The summed E-state index contributed by atoms with van der Waals surface area (Å²) in [5.41, 5.74) is 1.35. The zero-order chi connectivity index (χ0) is 26.7. The van der Waals surface area contributed by atoms with E-state index < -0.39 is 11.9 Å². The number of ether oxygens (including phenoxy) is 4. The van der Waals surface area contributed by atoms with E-state index in [1.54, 1.807) is 0 Å². The number of hydrogen-bond donors (Lipinski definition) is 0. The summed E-state index contributed by atoms with van der Waals surface area (Å²) in [6.45, 7) is -0.0206. The SMILES string of the molecule is COC(=O)C#CCOc1ccc2ccccc2c1C#Cc1c(OCC#CC(=O)OC)ccc2ccccc12. The molecule has 0 N–H and O–H groups in total. The first-order chi connectivity index (χ1) is 18.6. The van der Waals surface area contributed by atoms with Crippen LogP contribution in [0.25, 0.3) is 21.5 Å². The van der Waals surface area contributed by atoms with Gasteiger partial charge in [-0.05, 0) is 34.7 Å². The Morgan fingerprint density at radius 3 is 1.45 bits per heavy atom. The van der Waals surface area contributed by atoms with Crippen molar-refractivity contribution in [2.45, 2.75) is 0 Å². The van der Waals surface area contributed by atoms with Gasteiger partial charge >= 0.3 is 11.9 Å². The quantitative estimate of drug-likeness (QED) is 0.233. The van der Waals surface area contributed by atoms with Crippen LogP contribution >= 0.6 is 0 Å². The number of carbonyl (C=O) groups is 2. The molecule has 0 fully saturated rings. The number of benzene rings is 4. The maximum Gasteiger partial charge on any atom is 0.384 e. The molecule has 0 saturated carbocycles. The molecular weight excluding hydrogens is 480 g/mol. The lowest BCUT2D eigenvalue weighted by molar-refractivity contribution is -0.134. The molecule has 0 bridgehead atoms. The number of rotatable bonds is 4. The molecule has 4 aromatic rings. The highest BCUT2D eigenvalue weighted by Crippen LogP contribution is 2.30. The number of hydrogen-bond acceptors (Lipinski definition) is 6.